The minimum atomic E-state index is -0.197. The number of hydrogen-bond donors (Lipinski definition) is 2. The number of carbonyl (C=O) groups is 1. The molecule has 24 heavy (non-hydrogen) atoms. The Bertz CT molecular complexity index is 770. The molecule has 0 spiro atoms. The number of likely N-dealkylation sites (tertiary alicyclic amines) is 1. The van der Waals surface area contributed by atoms with E-state index < -0.39 is 0 Å². The van der Waals surface area contributed by atoms with Gasteiger partial charge in [0.25, 0.3) is 5.56 Å². The van der Waals surface area contributed by atoms with Gasteiger partial charge < -0.3 is 10.2 Å². The predicted octanol–water partition coefficient (Wildman–Crippen LogP) is 2.11. The van der Waals surface area contributed by atoms with E-state index in [1.54, 1.807) is 0 Å². The minimum absolute atomic E-state index is 0.0452. The van der Waals surface area contributed by atoms with Gasteiger partial charge in [0.2, 0.25) is 11.9 Å². The number of carbonyl (C=O) groups excluding carboxylic acids is 1. The maximum Gasteiger partial charge on any atom is 0.252 e. The summed E-state index contributed by atoms with van der Waals surface area (Å²) in [6.07, 6.45) is 0.393. The molecular weight excluding hydrogens is 304 g/mol. The molecule has 1 fully saturated rings. The number of benzene rings is 1. The van der Waals surface area contributed by atoms with Gasteiger partial charge in [0.05, 0.1) is 5.69 Å². The standard InChI is InChI=1S/C18H22N4O2/c1-12(2)19-18-20-15(9-16(23)21-18)14-8-17(24)22(11-14)10-13-6-4-3-5-7-13/h3-7,9,12,14H,8,10-11H2,1-2H3,(H2,19,20,21,23)/t14-/m1/s1. The summed E-state index contributed by atoms with van der Waals surface area (Å²) in [5, 5.41) is 3.11. The number of H-pyrrole nitrogens is 1. The van der Waals surface area contributed by atoms with Crippen LogP contribution in [0.4, 0.5) is 5.95 Å². The molecule has 1 atom stereocenters. The van der Waals surface area contributed by atoms with Crippen LogP contribution >= 0.6 is 0 Å². The normalized spacial score (nSPS) is 17.5. The van der Waals surface area contributed by atoms with E-state index in [4.69, 9.17) is 0 Å². The van der Waals surface area contributed by atoms with Crippen molar-refractivity contribution in [3.8, 4) is 0 Å². The van der Waals surface area contributed by atoms with E-state index in [0.29, 0.717) is 31.2 Å². The number of aromatic nitrogens is 2. The maximum atomic E-state index is 12.3. The molecule has 0 aliphatic carbocycles. The molecule has 2 aromatic rings. The predicted molar refractivity (Wildman–Crippen MR) is 92.8 cm³/mol. The van der Waals surface area contributed by atoms with Crippen LogP contribution in [0.15, 0.2) is 41.2 Å². The van der Waals surface area contributed by atoms with Crippen molar-refractivity contribution < 1.29 is 4.79 Å². The third-order valence-electron chi connectivity index (χ3n) is 4.04. The fourth-order valence-electron chi connectivity index (χ4n) is 2.95. The molecule has 1 aromatic heterocycles. The lowest BCUT2D eigenvalue weighted by atomic mass is 10.0. The monoisotopic (exact) mass is 326 g/mol. The van der Waals surface area contributed by atoms with Crippen molar-refractivity contribution in [3.05, 3.63) is 58.0 Å². The largest absolute Gasteiger partial charge is 0.354 e. The number of nitrogens with one attached hydrogen (secondary N) is 2. The fourth-order valence-corrected chi connectivity index (χ4v) is 2.95. The van der Waals surface area contributed by atoms with Crippen LogP contribution < -0.4 is 10.9 Å². The maximum absolute atomic E-state index is 12.3. The molecule has 126 valence electrons. The zero-order valence-electron chi connectivity index (χ0n) is 14.0. The first-order chi connectivity index (χ1) is 11.5. The van der Waals surface area contributed by atoms with Gasteiger partial charge in [-0.05, 0) is 19.4 Å². The van der Waals surface area contributed by atoms with Crippen molar-refractivity contribution in [1.29, 1.82) is 0 Å². The summed E-state index contributed by atoms with van der Waals surface area (Å²) in [7, 11) is 0. The van der Waals surface area contributed by atoms with Crippen LogP contribution in [0.3, 0.4) is 0 Å². The smallest absolute Gasteiger partial charge is 0.252 e. The topological polar surface area (TPSA) is 78.1 Å². The minimum Gasteiger partial charge on any atom is -0.354 e. The van der Waals surface area contributed by atoms with E-state index >= 15 is 0 Å². The Labute approximate surface area is 140 Å². The molecule has 6 heteroatoms. The Hall–Kier alpha value is -2.63. The number of aromatic amines is 1. The quantitative estimate of drug-likeness (QED) is 0.882. The van der Waals surface area contributed by atoms with Crippen molar-refractivity contribution in [1.82, 2.24) is 14.9 Å². The highest BCUT2D eigenvalue weighted by Gasteiger charge is 2.31. The van der Waals surface area contributed by atoms with Crippen LogP contribution in [0, 0.1) is 0 Å². The summed E-state index contributed by atoms with van der Waals surface area (Å²) < 4.78 is 0. The van der Waals surface area contributed by atoms with Crippen LogP contribution in [0.2, 0.25) is 0 Å². The number of rotatable bonds is 5. The average Bonchev–Trinajstić information content (AvgIpc) is 2.88. The average molecular weight is 326 g/mol. The third kappa shape index (κ3) is 3.82. The lowest BCUT2D eigenvalue weighted by molar-refractivity contribution is -0.128. The molecule has 2 heterocycles. The highest BCUT2D eigenvalue weighted by atomic mass is 16.2. The Morgan fingerprint density at radius 3 is 2.75 bits per heavy atom. The van der Waals surface area contributed by atoms with E-state index in [1.165, 1.54) is 6.07 Å². The van der Waals surface area contributed by atoms with Crippen LogP contribution in [-0.4, -0.2) is 33.4 Å². The van der Waals surface area contributed by atoms with E-state index in [1.807, 2.05) is 49.1 Å². The third-order valence-corrected chi connectivity index (χ3v) is 4.04. The van der Waals surface area contributed by atoms with Crippen molar-refractivity contribution >= 4 is 11.9 Å². The van der Waals surface area contributed by atoms with Crippen LogP contribution in [0.5, 0.6) is 0 Å². The van der Waals surface area contributed by atoms with Crippen molar-refractivity contribution in [2.75, 3.05) is 11.9 Å². The van der Waals surface area contributed by atoms with Crippen LogP contribution in [0.25, 0.3) is 0 Å². The first-order valence-electron chi connectivity index (χ1n) is 8.21. The summed E-state index contributed by atoms with van der Waals surface area (Å²) in [4.78, 5) is 33.2. The number of nitrogens with zero attached hydrogens (tertiary/aromatic N) is 2. The molecule has 6 nitrogen and oxygen atoms in total. The first-order valence-corrected chi connectivity index (χ1v) is 8.21. The van der Waals surface area contributed by atoms with Gasteiger partial charge in [0.1, 0.15) is 0 Å². The molecule has 0 saturated carbocycles. The summed E-state index contributed by atoms with van der Waals surface area (Å²) in [6.45, 7) is 5.14. The fraction of sp³-hybridized carbons (Fsp3) is 0.389. The van der Waals surface area contributed by atoms with Gasteiger partial charge in [-0.2, -0.15) is 0 Å². The summed E-state index contributed by atoms with van der Waals surface area (Å²) in [5.74, 6) is 0.516. The SMILES string of the molecule is CC(C)Nc1nc([C@@H]2CC(=O)N(Cc3ccccc3)C2)cc(=O)[nH]1. The summed E-state index contributed by atoms with van der Waals surface area (Å²) >= 11 is 0. The van der Waals surface area contributed by atoms with Crippen molar-refractivity contribution in [2.45, 2.75) is 38.8 Å². The lowest BCUT2D eigenvalue weighted by Gasteiger charge is -2.17. The van der Waals surface area contributed by atoms with Gasteiger partial charge in [0.15, 0.2) is 0 Å². The van der Waals surface area contributed by atoms with Gasteiger partial charge in [0, 0.05) is 37.5 Å². The highest BCUT2D eigenvalue weighted by molar-refractivity contribution is 5.79. The second-order valence-corrected chi connectivity index (χ2v) is 6.48. The second-order valence-electron chi connectivity index (χ2n) is 6.48. The van der Waals surface area contributed by atoms with Crippen LogP contribution in [0.1, 0.15) is 37.4 Å². The molecule has 0 radical (unpaired) electrons. The lowest BCUT2D eigenvalue weighted by Crippen LogP contribution is -2.24. The van der Waals surface area contributed by atoms with E-state index in [-0.39, 0.29) is 23.4 Å². The second kappa shape index (κ2) is 6.86. The molecular formula is C18H22N4O2. The van der Waals surface area contributed by atoms with Gasteiger partial charge in [-0.3, -0.25) is 14.6 Å². The Kier molecular flexibility index (Phi) is 4.64. The molecule has 0 bridgehead atoms. The molecule has 1 saturated heterocycles. The first kappa shape index (κ1) is 16.2. The molecule has 1 amide bonds. The highest BCUT2D eigenvalue weighted by Crippen LogP contribution is 2.27. The molecule has 3 rings (SSSR count). The zero-order valence-corrected chi connectivity index (χ0v) is 14.0. The molecule has 0 unspecified atom stereocenters. The Morgan fingerprint density at radius 1 is 1.29 bits per heavy atom. The number of anilines is 1. The molecule has 1 aromatic carbocycles. The van der Waals surface area contributed by atoms with Gasteiger partial charge in [-0.15, -0.1) is 0 Å². The Morgan fingerprint density at radius 2 is 2.04 bits per heavy atom. The van der Waals surface area contributed by atoms with E-state index in [9.17, 15) is 9.59 Å². The molecule has 2 N–H and O–H groups in total. The summed E-state index contributed by atoms with van der Waals surface area (Å²) in [6, 6.07) is 11.6. The Balaban J connectivity index is 1.75. The van der Waals surface area contributed by atoms with Crippen molar-refractivity contribution in [3.63, 3.8) is 0 Å². The molecule has 1 aliphatic heterocycles. The van der Waals surface area contributed by atoms with E-state index in [2.05, 4.69) is 15.3 Å². The number of hydrogen-bond acceptors (Lipinski definition) is 4. The van der Waals surface area contributed by atoms with Crippen molar-refractivity contribution in [2.24, 2.45) is 0 Å². The van der Waals surface area contributed by atoms with Gasteiger partial charge in [-0.25, -0.2) is 4.98 Å². The van der Waals surface area contributed by atoms with E-state index in [0.717, 1.165) is 5.56 Å². The summed E-state index contributed by atoms with van der Waals surface area (Å²) in [5.41, 5.74) is 1.58. The molecule has 1 aliphatic rings. The number of amides is 1. The van der Waals surface area contributed by atoms with Crippen LogP contribution in [-0.2, 0) is 11.3 Å². The zero-order chi connectivity index (χ0) is 17.1. The van der Waals surface area contributed by atoms with Gasteiger partial charge >= 0.3 is 0 Å². The van der Waals surface area contributed by atoms with Gasteiger partial charge in [-0.1, -0.05) is 30.3 Å².